The Kier molecular flexibility index (Phi) is 6.36. The number of ether oxygens (including phenoxy) is 2. The molecule has 1 aromatic carbocycles. The normalized spacial score (nSPS) is 19.3. The van der Waals surface area contributed by atoms with E-state index in [0.29, 0.717) is 31.6 Å². The predicted molar refractivity (Wildman–Crippen MR) is 93.1 cm³/mol. The zero-order valence-corrected chi connectivity index (χ0v) is 14.5. The molecule has 0 N–H and O–H groups in total. The molecule has 0 radical (unpaired) electrons. The van der Waals surface area contributed by atoms with E-state index in [2.05, 4.69) is 0 Å². The van der Waals surface area contributed by atoms with Gasteiger partial charge in [0, 0.05) is 5.57 Å². The SMILES string of the molecule is CCOC(=O)C1=C(C)/C(=C/c2ccccc2)CC(C(=O)OCC)C1. The second kappa shape index (κ2) is 8.48. The molecule has 0 spiro atoms. The molecule has 1 aliphatic carbocycles. The molecular weight excluding hydrogens is 304 g/mol. The van der Waals surface area contributed by atoms with Crippen LogP contribution in [-0.4, -0.2) is 25.2 Å². The van der Waals surface area contributed by atoms with E-state index in [9.17, 15) is 9.59 Å². The van der Waals surface area contributed by atoms with Gasteiger partial charge < -0.3 is 9.47 Å². The Labute approximate surface area is 143 Å². The van der Waals surface area contributed by atoms with Crippen LogP contribution in [-0.2, 0) is 19.1 Å². The molecule has 1 unspecified atom stereocenters. The maximum Gasteiger partial charge on any atom is 0.334 e. The van der Waals surface area contributed by atoms with Crippen LogP contribution < -0.4 is 0 Å². The van der Waals surface area contributed by atoms with Gasteiger partial charge in [0.05, 0.1) is 19.1 Å². The summed E-state index contributed by atoms with van der Waals surface area (Å²) in [5.74, 6) is -0.947. The van der Waals surface area contributed by atoms with Gasteiger partial charge in [0.15, 0.2) is 0 Å². The van der Waals surface area contributed by atoms with Gasteiger partial charge in [-0.15, -0.1) is 0 Å². The van der Waals surface area contributed by atoms with Crippen molar-refractivity contribution in [3.05, 3.63) is 52.6 Å². The molecule has 0 amide bonds. The van der Waals surface area contributed by atoms with E-state index in [1.807, 2.05) is 43.3 Å². The van der Waals surface area contributed by atoms with Gasteiger partial charge in [0.25, 0.3) is 0 Å². The predicted octanol–water partition coefficient (Wildman–Crippen LogP) is 3.92. The highest BCUT2D eigenvalue weighted by atomic mass is 16.5. The van der Waals surface area contributed by atoms with Crippen LogP contribution >= 0.6 is 0 Å². The quantitative estimate of drug-likeness (QED) is 0.769. The number of rotatable bonds is 5. The molecule has 4 heteroatoms. The fourth-order valence-electron chi connectivity index (χ4n) is 2.88. The fraction of sp³-hybridized carbons (Fsp3) is 0.400. The average Bonchev–Trinajstić information content (AvgIpc) is 2.58. The Balaban J connectivity index is 2.39. The van der Waals surface area contributed by atoms with Crippen LogP contribution in [0.1, 0.15) is 39.2 Å². The third kappa shape index (κ3) is 4.34. The lowest BCUT2D eigenvalue weighted by Crippen LogP contribution is -2.26. The molecule has 1 aliphatic rings. The van der Waals surface area contributed by atoms with Crippen molar-refractivity contribution in [1.82, 2.24) is 0 Å². The van der Waals surface area contributed by atoms with Gasteiger partial charge in [-0.05, 0) is 50.3 Å². The first kappa shape index (κ1) is 18.0. The lowest BCUT2D eigenvalue weighted by Gasteiger charge is -2.26. The van der Waals surface area contributed by atoms with E-state index in [0.717, 1.165) is 16.7 Å². The van der Waals surface area contributed by atoms with Crippen LogP contribution in [0.15, 0.2) is 47.1 Å². The highest BCUT2D eigenvalue weighted by Gasteiger charge is 2.32. The molecular formula is C20H24O4. The van der Waals surface area contributed by atoms with E-state index in [-0.39, 0.29) is 17.9 Å². The van der Waals surface area contributed by atoms with Gasteiger partial charge in [0.2, 0.25) is 0 Å². The lowest BCUT2D eigenvalue weighted by atomic mass is 9.80. The molecule has 4 nitrogen and oxygen atoms in total. The average molecular weight is 328 g/mol. The van der Waals surface area contributed by atoms with Crippen LogP contribution in [0, 0.1) is 5.92 Å². The third-order valence-electron chi connectivity index (χ3n) is 4.13. The van der Waals surface area contributed by atoms with Gasteiger partial charge in [0.1, 0.15) is 0 Å². The molecule has 0 heterocycles. The van der Waals surface area contributed by atoms with Crippen molar-refractivity contribution in [2.45, 2.75) is 33.6 Å². The minimum Gasteiger partial charge on any atom is -0.466 e. The van der Waals surface area contributed by atoms with Crippen LogP contribution in [0.4, 0.5) is 0 Å². The smallest absolute Gasteiger partial charge is 0.334 e. The van der Waals surface area contributed by atoms with E-state index in [4.69, 9.17) is 9.47 Å². The maximum absolute atomic E-state index is 12.3. The van der Waals surface area contributed by atoms with Gasteiger partial charge in [-0.1, -0.05) is 36.4 Å². The summed E-state index contributed by atoms with van der Waals surface area (Å²) in [5.41, 5.74) is 3.49. The highest BCUT2D eigenvalue weighted by Crippen LogP contribution is 2.36. The molecule has 0 saturated heterocycles. The first-order valence-corrected chi connectivity index (χ1v) is 8.36. The first-order valence-electron chi connectivity index (χ1n) is 8.36. The summed E-state index contributed by atoms with van der Waals surface area (Å²) in [7, 11) is 0. The van der Waals surface area contributed by atoms with E-state index >= 15 is 0 Å². The Morgan fingerprint density at radius 2 is 1.75 bits per heavy atom. The number of esters is 2. The van der Waals surface area contributed by atoms with Crippen molar-refractivity contribution in [2.75, 3.05) is 13.2 Å². The van der Waals surface area contributed by atoms with Crippen LogP contribution in [0.2, 0.25) is 0 Å². The summed E-state index contributed by atoms with van der Waals surface area (Å²) >= 11 is 0. The van der Waals surface area contributed by atoms with Crippen molar-refractivity contribution in [3.8, 4) is 0 Å². The minimum atomic E-state index is -0.344. The van der Waals surface area contributed by atoms with Crippen LogP contribution in [0.3, 0.4) is 0 Å². The molecule has 0 aliphatic heterocycles. The number of benzene rings is 1. The molecule has 1 atom stereocenters. The molecule has 1 aromatic rings. The summed E-state index contributed by atoms with van der Waals surface area (Å²) in [5, 5.41) is 0. The minimum absolute atomic E-state index is 0.259. The monoisotopic (exact) mass is 328 g/mol. The van der Waals surface area contributed by atoms with Gasteiger partial charge in [-0.2, -0.15) is 0 Å². The summed E-state index contributed by atoms with van der Waals surface area (Å²) in [4.78, 5) is 24.5. The second-order valence-corrected chi connectivity index (χ2v) is 5.76. The topological polar surface area (TPSA) is 52.6 Å². The molecule has 24 heavy (non-hydrogen) atoms. The largest absolute Gasteiger partial charge is 0.466 e. The lowest BCUT2D eigenvalue weighted by molar-refractivity contribution is -0.148. The van der Waals surface area contributed by atoms with E-state index < -0.39 is 0 Å². The molecule has 0 aromatic heterocycles. The Morgan fingerprint density at radius 1 is 1.08 bits per heavy atom. The third-order valence-corrected chi connectivity index (χ3v) is 4.13. The van der Waals surface area contributed by atoms with Crippen molar-refractivity contribution < 1.29 is 19.1 Å². The van der Waals surface area contributed by atoms with Crippen molar-refractivity contribution in [2.24, 2.45) is 5.92 Å². The number of carbonyl (C=O) groups is 2. The summed E-state index contributed by atoms with van der Waals surface area (Å²) in [6.45, 7) is 6.14. The molecule has 128 valence electrons. The second-order valence-electron chi connectivity index (χ2n) is 5.76. The number of allylic oxidation sites excluding steroid dienone is 2. The van der Waals surface area contributed by atoms with E-state index in [1.54, 1.807) is 13.8 Å². The number of hydrogen-bond acceptors (Lipinski definition) is 4. The maximum atomic E-state index is 12.3. The van der Waals surface area contributed by atoms with Gasteiger partial charge >= 0.3 is 11.9 Å². The van der Waals surface area contributed by atoms with Crippen LogP contribution in [0.5, 0.6) is 0 Å². The molecule has 0 bridgehead atoms. The molecule has 2 rings (SSSR count). The zero-order valence-electron chi connectivity index (χ0n) is 14.5. The summed E-state index contributed by atoms with van der Waals surface area (Å²) in [6, 6.07) is 9.88. The Bertz CT molecular complexity index is 655. The van der Waals surface area contributed by atoms with Gasteiger partial charge in [-0.25, -0.2) is 4.79 Å². The standard InChI is InChI=1S/C20H24O4/c1-4-23-19(21)17-12-16(11-15-9-7-6-8-10-15)14(3)18(13-17)20(22)24-5-2/h6-11,17H,4-5,12-13H2,1-3H3/b16-11+. The first-order chi connectivity index (χ1) is 11.6. The highest BCUT2D eigenvalue weighted by molar-refractivity contribution is 5.92. The van der Waals surface area contributed by atoms with Crippen LogP contribution in [0.25, 0.3) is 6.08 Å². The fourth-order valence-corrected chi connectivity index (χ4v) is 2.88. The van der Waals surface area contributed by atoms with E-state index in [1.165, 1.54) is 0 Å². The van der Waals surface area contributed by atoms with Gasteiger partial charge in [-0.3, -0.25) is 4.79 Å². The van der Waals surface area contributed by atoms with Crippen molar-refractivity contribution >= 4 is 18.0 Å². The number of hydrogen-bond donors (Lipinski definition) is 0. The zero-order chi connectivity index (χ0) is 17.5. The molecule has 0 saturated carbocycles. The molecule has 0 fully saturated rings. The number of carbonyl (C=O) groups excluding carboxylic acids is 2. The Morgan fingerprint density at radius 3 is 2.38 bits per heavy atom. The van der Waals surface area contributed by atoms with Crippen molar-refractivity contribution in [1.29, 1.82) is 0 Å². The summed E-state index contributed by atoms with van der Waals surface area (Å²) < 4.78 is 10.3. The van der Waals surface area contributed by atoms with Crippen molar-refractivity contribution in [3.63, 3.8) is 0 Å². The Hall–Kier alpha value is -2.36. The summed E-state index contributed by atoms with van der Waals surface area (Å²) in [6.07, 6.45) is 2.97.